The molecule has 1 aliphatic heterocycles. The van der Waals surface area contributed by atoms with Gasteiger partial charge in [-0.1, -0.05) is 0 Å². The Balaban J connectivity index is 1.97. The molecule has 1 aliphatic rings. The SMILES string of the molecule is N#Cc1ccncc1OC[C@@H]1CCO1. The fourth-order valence-corrected chi connectivity index (χ4v) is 1.19. The Morgan fingerprint density at radius 1 is 1.71 bits per heavy atom. The highest BCUT2D eigenvalue weighted by molar-refractivity contribution is 5.40. The van der Waals surface area contributed by atoms with E-state index in [2.05, 4.69) is 4.98 Å². The monoisotopic (exact) mass is 190 g/mol. The molecule has 0 bridgehead atoms. The van der Waals surface area contributed by atoms with Crippen molar-refractivity contribution in [2.75, 3.05) is 13.2 Å². The van der Waals surface area contributed by atoms with Gasteiger partial charge in [0.2, 0.25) is 0 Å². The third kappa shape index (κ3) is 1.83. The average Bonchev–Trinajstić information content (AvgIpc) is 2.16. The van der Waals surface area contributed by atoms with Crippen molar-refractivity contribution in [3.8, 4) is 11.8 Å². The van der Waals surface area contributed by atoms with Crippen LogP contribution < -0.4 is 4.74 Å². The lowest BCUT2D eigenvalue weighted by Crippen LogP contribution is -2.32. The minimum Gasteiger partial charge on any atom is -0.488 e. The van der Waals surface area contributed by atoms with Gasteiger partial charge in [0.25, 0.3) is 0 Å². The standard InChI is InChI=1S/C10H10N2O2/c11-5-8-1-3-12-6-10(8)14-7-9-2-4-13-9/h1,3,6,9H,2,4,7H2/t9-/m0/s1. The summed E-state index contributed by atoms with van der Waals surface area (Å²) in [5.41, 5.74) is 0.513. The van der Waals surface area contributed by atoms with E-state index in [4.69, 9.17) is 14.7 Å². The molecule has 0 radical (unpaired) electrons. The van der Waals surface area contributed by atoms with Crippen LogP contribution in [0.4, 0.5) is 0 Å². The lowest BCUT2D eigenvalue weighted by molar-refractivity contribution is -0.0721. The molecule has 1 fully saturated rings. The highest BCUT2D eigenvalue weighted by atomic mass is 16.5. The molecule has 4 heteroatoms. The summed E-state index contributed by atoms with van der Waals surface area (Å²) in [6, 6.07) is 3.69. The molecule has 2 heterocycles. The van der Waals surface area contributed by atoms with E-state index >= 15 is 0 Å². The molecule has 1 atom stereocenters. The minimum absolute atomic E-state index is 0.182. The van der Waals surface area contributed by atoms with Gasteiger partial charge in [-0.25, -0.2) is 0 Å². The molecule has 0 aliphatic carbocycles. The third-order valence-electron chi connectivity index (χ3n) is 2.12. The number of rotatable bonds is 3. The van der Waals surface area contributed by atoms with Gasteiger partial charge in [-0.2, -0.15) is 5.26 Å². The van der Waals surface area contributed by atoms with Crippen LogP contribution in [0.25, 0.3) is 0 Å². The summed E-state index contributed by atoms with van der Waals surface area (Å²) in [4.78, 5) is 3.90. The maximum atomic E-state index is 8.77. The zero-order valence-electron chi connectivity index (χ0n) is 7.64. The fraction of sp³-hybridized carbons (Fsp3) is 0.400. The van der Waals surface area contributed by atoms with Crippen molar-refractivity contribution in [1.29, 1.82) is 5.26 Å². The Labute approximate surface area is 82.1 Å². The molecule has 0 saturated carbocycles. The molecule has 1 aromatic rings. The molecule has 1 aromatic heterocycles. The van der Waals surface area contributed by atoms with Gasteiger partial charge in [-0.15, -0.1) is 0 Å². The van der Waals surface area contributed by atoms with Gasteiger partial charge >= 0.3 is 0 Å². The van der Waals surface area contributed by atoms with Gasteiger partial charge in [0.05, 0.1) is 17.9 Å². The summed E-state index contributed by atoms with van der Waals surface area (Å²) in [6.07, 6.45) is 4.34. The quantitative estimate of drug-likeness (QED) is 0.716. The molecular weight excluding hydrogens is 180 g/mol. The third-order valence-corrected chi connectivity index (χ3v) is 2.12. The molecule has 0 amide bonds. The van der Waals surface area contributed by atoms with Crippen LogP contribution in [-0.2, 0) is 4.74 Å². The van der Waals surface area contributed by atoms with Gasteiger partial charge in [0.15, 0.2) is 5.75 Å². The van der Waals surface area contributed by atoms with Crippen molar-refractivity contribution in [2.45, 2.75) is 12.5 Å². The van der Waals surface area contributed by atoms with E-state index in [0.717, 1.165) is 13.0 Å². The smallest absolute Gasteiger partial charge is 0.155 e. The van der Waals surface area contributed by atoms with Crippen LogP contribution in [0.3, 0.4) is 0 Å². The zero-order valence-corrected chi connectivity index (χ0v) is 7.64. The Bertz CT molecular complexity index is 355. The molecule has 1 saturated heterocycles. The van der Waals surface area contributed by atoms with Crippen molar-refractivity contribution in [3.05, 3.63) is 24.0 Å². The predicted octanol–water partition coefficient (Wildman–Crippen LogP) is 1.12. The summed E-state index contributed by atoms with van der Waals surface area (Å²) in [6.45, 7) is 1.31. The Kier molecular flexibility index (Phi) is 2.61. The van der Waals surface area contributed by atoms with Gasteiger partial charge in [-0.3, -0.25) is 4.98 Å². The van der Waals surface area contributed by atoms with Crippen LogP contribution >= 0.6 is 0 Å². The average molecular weight is 190 g/mol. The second-order valence-electron chi connectivity index (χ2n) is 3.08. The summed E-state index contributed by atoms with van der Waals surface area (Å²) >= 11 is 0. The number of nitriles is 1. The van der Waals surface area contributed by atoms with E-state index in [9.17, 15) is 0 Å². The van der Waals surface area contributed by atoms with Crippen molar-refractivity contribution in [3.63, 3.8) is 0 Å². The van der Waals surface area contributed by atoms with Gasteiger partial charge < -0.3 is 9.47 Å². The second kappa shape index (κ2) is 4.07. The van der Waals surface area contributed by atoms with E-state index in [-0.39, 0.29) is 6.10 Å². The van der Waals surface area contributed by atoms with E-state index in [1.807, 2.05) is 6.07 Å². The van der Waals surface area contributed by atoms with E-state index < -0.39 is 0 Å². The van der Waals surface area contributed by atoms with Gasteiger partial charge in [0.1, 0.15) is 12.7 Å². The first-order chi connectivity index (χ1) is 6.90. The molecule has 0 N–H and O–H groups in total. The summed E-state index contributed by atoms with van der Waals surface area (Å²) in [5.74, 6) is 0.533. The normalized spacial score (nSPS) is 19.5. The summed E-state index contributed by atoms with van der Waals surface area (Å²) < 4.78 is 10.6. The topological polar surface area (TPSA) is 55.1 Å². The van der Waals surface area contributed by atoms with Crippen molar-refractivity contribution in [1.82, 2.24) is 4.98 Å². The molecule has 0 aromatic carbocycles. The lowest BCUT2D eigenvalue weighted by atomic mass is 10.2. The summed E-state index contributed by atoms with van der Waals surface area (Å²) in [7, 11) is 0. The van der Waals surface area contributed by atoms with Crippen LogP contribution in [0.15, 0.2) is 18.5 Å². The zero-order chi connectivity index (χ0) is 9.80. The molecule has 0 unspecified atom stereocenters. The number of aromatic nitrogens is 1. The molecular formula is C10H10N2O2. The van der Waals surface area contributed by atoms with E-state index in [1.54, 1.807) is 18.5 Å². The van der Waals surface area contributed by atoms with Crippen LogP contribution in [0, 0.1) is 11.3 Å². The number of ether oxygens (including phenoxy) is 2. The summed E-state index contributed by atoms with van der Waals surface area (Å²) in [5, 5.41) is 8.77. The van der Waals surface area contributed by atoms with Crippen LogP contribution in [0.5, 0.6) is 5.75 Å². The Morgan fingerprint density at radius 2 is 2.57 bits per heavy atom. The molecule has 2 rings (SSSR count). The van der Waals surface area contributed by atoms with Crippen molar-refractivity contribution in [2.24, 2.45) is 0 Å². The van der Waals surface area contributed by atoms with Gasteiger partial charge in [-0.05, 0) is 6.07 Å². The largest absolute Gasteiger partial charge is 0.488 e. The predicted molar refractivity (Wildman–Crippen MR) is 48.8 cm³/mol. The maximum Gasteiger partial charge on any atom is 0.155 e. The van der Waals surface area contributed by atoms with Crippen LogP contribution in [0.2, 0.25) is 0 Å². The first-order valence-corrected chi connectivity index (χ1v) is 4.48. The lowest BCUT2D eigenvalue weighted by Gasteiger charge is -2.26. The minimum atomic E-state index is 0.182. The first-order valence-electron chi connectivity index (χ1n) is 4.48. The van der Waals surface area contributed by atoms with E-state index in [0.29, 0.717) is 17.9 Å². The number of hydrogen-bond donors (Lipinski definition) is 0. The highest BCUT2D eigenvalue weighted by Crippen LogP contribution is 2.17. The number of pyridine rings is 1. The first kappa shape index (κ1) is 8.97. The molecule has 14 heavy (non-hydrogen) atoms. The number of nitrogens with zero attached hydrogens (tertiary/aromatic N) is 2. The van der Waals surface area contributed by atoms with Crippen LogP contribution in [0.1, 0.15) is 12.0 Å². The second-order valence-corrected chi connectivity index (χ2v) is 3.08. The Hall–Kier alpha value is -1.60. The highest BCUT2D eigenvalue weighted by Gasteiger charge is 2.19. The molecule has 4 nitrogen and oxygen atoms in total. The van der Waals surface area contributed by atoms with Crippen LogP contribution in [-0.4, -0.2) is 24.3 Å². The number of hydrogen-bond acceptors (Lipinski definition) is 4. The van der Waals surface area contributed by atoms with E-state index in [1.165, 1.54) is 0 Å². The molecule has 72 valence electrons. The Morgan fingerprint density at radius 3 is 3.21 bits per heavy atom. The van der Waals surface area contributed by atoms with Crippen molar-refractivity contribution < 1.29 is 9.47 Å². The fourth-order valence-electron chi connectivity index (χ4n) is 1.19. The van der Waals surface area contributed by atoms with Crippen molar-refractivity contribution >= 4 is 0 Å². The molecule has 0 spiro atoms. The van der Waals surface area contributed by atoms with Gasteiger partial charge in [0, 0.05) is 19.2 Å². The maximum absolute atomic E-state index is 8.77.